The van der Waals surface area contributed by atoms with Crippen molar-refractivity contribution in [2.75, 3.05) is 13.7 Å². The van der Waals surface area contributed by atoms with Crippen LogP contribution in [0.4, 0.5) is 4.79 Å². The summed E-state index contributed by atoms with van der Waals surface area (Å²) in [6, 6.07) is 17.7. The summed E-state index contributed by atoms with van der Waals surface area (Å²) < 4.78 is 4.75. The van der Waals surface area contributed by atoms with Crippen molar-refractivity contribution in [2.24, 2.45) is 0 Å². The maximum absolute atomic E-state index is 12.4. The van der Waals surface area contributed by atoms with Gasteiger partial charge in [0, 0.05) is 5.70 Å². The maximum atomic E-state index is 12.4. The van der Waals surface area contributed by atoms with Crippen molar-refractivity contribution >= 4 is 63.4 Å². The number of ether oxygens (including phenoxy) is 1. The van der Waals surface area contributed by atoms with Crippen molar-refractivity contribution in [3.05, 3.63) is 83.1 Å². The van der Waals surface area contributed by atoms with Gasteiger partial charge in [-0.1, -0.05) is 48.6 Å². The van der Waals surface area contributed by atoms with Gasteiger partial charge in [0.05, 0.1) is 24.8 Å². The molecule has 1 aliphatic heterocycles. The van der Waals surface area contributed by atoms with E-state index in [1.54, 1.807) is 0 Å². The van der Waals surface area contributed by atoms with Crippen molar-refractivity contribution in [2.45, 2.75) is 25.3 Å². The standard InChI is InChI=1S/C25H23N3O3.K.H/c1-31-23(29)16-28-24-21(3-2-4-22(24)27-25(28)30)14-7-17-5-10-19(11-6-17)20-12-8-18(15-26)9-13-20;;/h2-3,5-6,8-13,22H,4,7,14,16H2,1H3,(H,27,30);;. The van der Waals surface area contributed by atoms with E-state index in [0.29, 0.717) is 5.56 Å². The molecule has 0 bridgehead atoms. The zero-order valence-corrected chi connectivity index (χ0v) is 17.3. The van der Waals surface area contributed by atoms with Crippen LogP contribution in [0.5, 0.6) is 0 Å². The van der Waals surface area contributed by atoms with Crippen LogP contribution in [0.3, 0.4) is 0 Å². The summed E-state index contributed by atoms with van der Waals surface area (Å²) in [5.41, 5.74) is 5.96. The molecule has 1 heterocycles. The average Bonchev–Trinajstić information content (AvgIpc) is 3.13. The Morgan fingerprint density at radius 2 is 1.78 bits per heavy atom. The van der Waals surface area contributed by atoms with Crippen molar-refractivity contribution in [3.8, 4) is 17.2 Å². The predicted molar refractivity (Wildman–Crippen MR) is 124 cm³/mol. The first-order valence-electron chi connectivity index (χ1n) is 10.2. The Hall–Kier alpha value is -2.21. The molecule has 1 unspecified atom stereocenters. The minimum absolute atomic E-state index is 0. The SMILES string of the molecule is COC(=O)CN1C(=O)NC2CC=CC(CCc3ccc(-c4ccc(C#N)cc4)cc3)=C21.[KH]. The van der Waals surface area contributed by atoms with Gasteiger partial charge in [-0.25, -0.2) is 4.79 Å². The number of nitrogens with zero attached hydrogens (tertiary/aromatic N) is 2. The first kappa shape index (κ1) is 24.4. The van der Waals surface area contributed by atoms with Crippen LogP contribution in [0.25, 0.3) is 11.1 Å². The second-order valence-electron chi connectivity index (χ2n) is 7.60. The summed E-state index contributed by atoms with van der Waals surface area (Å²) in [4.78, 5) is 25.6. The number of amides is 2. The first-order chi connectivity index (χ1) is 15.1. The number of hydrogen-bond acceptors (Lipinski definition) is 4. The molecule has 4 rings (SSSR count). The molecule has 2 amide bonds. The number of benzene rings is 2. The minimum atomic E-state index is -0.435. The molecule has 0 aromatic heterocycles. The van der Waals surface area contributed by atoms with Gasteiger partial charge in [-0.15, -0.1) is 0 Å². The molecule has 1 N–H and O–H groups in total. The monoisotopic (exact) mass is 453 g/mol. The number of carbonyl (C=O) groups is 2. The fourth-order valence-corrected chi connectivity index (χ4v) is 4.03. The van der Waals surface area contributed by atoms with Crippen molar-refractivity contribution in [1.29, 1.82) is 5.26 Å². The van der Waals surface area contributed by atoms with E-state index in [-0.39, 0.29) is 70.0 Å². The van der Waals surface area contributed by atoms with Gasteiger partial charge in [0.15, 0.2) is 0 Å². The van der Waals surface area contributed by atoms with Crippen LogP contribution < -0.4 is 5.32 Å². The molecule has 0 spiro atoms. The van der Waals surface area contributed by atoms with E-state index >= 15 is 0 Å². The molecule has 2 aromatic carbocycles. The van der Waals surface area contributed by atoms with E-state index in [9.17, 15) is 9.59 Å². The quantitative estimate of drug-likeness (QED) is 0.538. The van der Waals surface area contributed by atoms with Gasteiger partial charge in [0.1, 0.15) is 6.54 Å². The number of urea groups is 1. The Morgan fingerprint density at radius 3 is 2.41 bits per heavy atom. The molecule has 6 nitrogen and oxygen atoms in total. The van der Waals surface area contributed by atoms with E-state index in [1.165, 1.54) is 17.6 Å². The van der Waals surface area contributed by atoms with Gasteiger partial charge >= 0.3 is 63.4 Å². The Labute approximate surface area is 230 Å². The molecule has 0 saturated carbocycles. The summed E-state index contributed by atoms with van der Waals surface area (Å²) >= 11 is 0. The van der Waals surface area contributed by atoms with Gasteiger partial charge in [0.25, 0.3) is 0 Å². The predicted octanol–water partition coefficient (Wildman–Crippen LogP) is 3.29. The zero-order valence-electron chi connectivity index (χ0n) is 17.3. The number of nitriles is 1. The van der Waals surface area contributed by atoms with E-state index in [2.05, 4.69) is 47.8 Å². The van der Waals surface area contributed by atoms with Crippen LogP contribution in [0.2, 0.25) is 0 Å². The number of nitrogens with one attached hydrogen (secondary N) is 1. The number of fused-ring (bicyclic) bond motifs is 1. The fourth-order valence-electron chi connectivity index (χ4n) is 4.03. The van der Waals surface area contributed by atoms with Gasteiger partial charge < -0.3 is 10.1 Å². The Bertz CT molecular complexity index is 1100. The van der Waals surface area contributed by atoms with E-state index in [0.717, 1.165) is 41.7 Å². The van der Waals surface area contributed by atoms with Gasteiger partial charge in [-0.3, -0.25) is 9.69 Å². The summed E-state index contributed by atoms with van der Waals surface area (Å²) in [5.74, 6) is -0.435. The van der Waals surface area contributed by atoms with E-state index in [1.807, 2.05) is 24.3 Å². The number of carbonyl (C=O) groups excluding carboxylic acids is 2. The zero-order chi connectivity index (χ0) is 21.8. The molecule has 1 atom stereocenters. The Kier molecular flexibility index (Phi) is 8.46. The first-order valence-corrected chi connectivity index (χ1v) is 10.2. The molecule has 1 aliphatic carbocycles. The van der Waals surface area contributed by atoms with Crippen LogP contribution in [-0.4, -0.2) is 88.0 Å². The van der Waals surface area contributed by atoms with Crippen LogP contribution >= 0.6 is 0 Å². The Balaban J connectivity index is 0.00000289. The van der Waals surface area contributed by atoms with Crippen molar-refractivity contribution < 1.29 is 14.3 Å². The second kappa shape index (κ2) is 11.1. The third-order valence-electron chi connectivity index (χ3n) is 5.68. The number of esters is 1. The fraction of sp³-hybridized carbons (Fsp3) is 0.240. The third-order valence-corrected chi connectivity index (χ3v) is 5.68. The topological polar surface area (TPSA) is 82.4 Å². The number of methoxy groups -OCH3 is 1. The van der Waals surface area contributed by atoms with Crippen molar-refractivity contribution in [3.63, 3.8) is 0 Å². The van der Waals surface area contributed by atoms with Crippen molar-refractivity contribution in [1.82, 2.24) is 10.2 Å². The molecule has 1 fully saturated rings. The molecule has 32 heavy (non-hydrogen) atoms. The van der Waals surface area contributed by atoms with E-state index < -0.39 is 5.97 Å². The summed E-state index contributed by atoms with van der Waals surface area (Å²) in [5, 5.41) is 11.9. The second-order valence-corrected chi connectivity index (χ2v) is 7.60. The molecule has 158 valence electrons. The number of rotatable bonds is 6. The summed E-state index contributed by atoms with van der Waals surface area (Å²) in [6.45, 7) is -0.0786. The molecule has 7 heteroatoms. The summed E-state index contributed by atoms with van der Waals surface area (Å²) in [6.07, 6.45) is 6.44. The Morgan fingerprint density at radius 1 is 1.12 bits per heavy atom. The normalized spacial score (nSPS) is 16.7. The third kappa shape index (κ3) is 5.40. The number of hydrogen-bond donors (Lipinski definition) is 1. The van der Waals surface area contributed by atoms with Crippen LogP contribution in [0, 0.1) is 11.3 Å². The van der Waals surface area contributed by atoms with Crippen LogP contribution in [-0.2, 0) is 16.0 Å². The summed E-state index contributed by atoms with van der Waals surface area (Å²) in [7, 11) is 1.32. The molecular formula is C25H24KN3O3. The molecule has 0 radical (unpaired) electrons. The van der Waals surface area contributed by atoms with Crippen LogP contribution in [0.15, 0.2) is 72.0 Å². The van der Waals surface area contributed by atoms with Gasteiger partial charge in [-0.2, -0.15) is 5.26 Å². The van der Waals surface area contributed by atoms with Gasteiger partial charge in [0.2, 0.25) is 0 Å². The molecule has 1 saturated heterocycles. The average molecular weight is 454 g/mol. The number of aryl methyl sites for hydroxylation is 1. The van der Waals surface area contributed by atoms with E-state index in [4.69, 9.17) is 10.00 Å². The number of allylic oxidation sites excluding steroid dienone is 2. The molecular weight excluding hydrogens is 429 g/mol. The molecule has 2 aliphatic rings. The van der Waals surface area contributed by atoms with Gasteiger partial charge in [-0.05, 0) is 53.7 Å². The van der Waals surface area contributed by atoms with Crippen LogP contribution in [0.1, 0.15) is 24.0 Å². The molecule has 2 aromatic rings.